The SMILES string of the molecule is O=C1CCC(N2C(=O)c3ccc(N4CCN(CC5CCN(c6ccc([N+](=O)[O-])cc6)CC5)CC4)cc3C2=O)C(=O)N1. The molecule has 41 heavy (non-hydrogen) atoms. The Morgan fingerprint density at radius 1 is 0.780 bits per heavy atom. The molecule has 1 atom stereocenters. The molecule has 1 unspecified atom stereocenters. The van der Waals surface area contributed by atoms with Crippen LogP contribution in [0.4, 0.5) is 17.1 Å². The first kappa shape index (κ1) is 26.9. The molecule has 6 rings (SSSR count). The van der Waals surface area contributed by atoms with Crippen LogP contribution < -0.4 is 15.1 Å². The molecule has 4 aliphatic rings. The van der Waals surface area contributed by atoms with Crippen LogP contribution in [-0.4, -0.2) is 90.2 Å². The molecule has 12 heteroatoms. The molecule has 2 aromatic carbocycles. The fourth-order valence-corrected chi connectivity index (χ4v) is 6.37. The van der Waals surface area contributed by atoms with Gasteiger partial charge in [-0.15, -0.1) is 0 Å². The number of nitro groups is 1. The number of nitro benzene ring substituents is 1. The first-order chi connectivity index (χ1) is 19.8. The number of benzene rings is 2. The van der Waals surface area contributed by atoms with Gasteiger partial charge in [-0.3, -0.25) is 44.4 Å². The van der Waals surface area contributed by atoms with E-state index in [4.69, 9.17) is 0 Å². The highest BCUT2D eigenvalue weighted by Gasteiger charge is 2.44. The maximum absolute atomic E-state index is 13.2. The molecule has 4 amide bonds. The number of hydrogen-bond donors (Lipinski definition) is 1. The Morgan fingerprint density at radius 3 is 2.07 bits per heavy atom. The van der Waals surface area contributed by atoms with Crippen LogP contribution in [0.1, 0.15) is 46.4 Å². The van der Waals surface area contributed by atoms with Gasteiger partial charge in [0.2, 0.25) is 11.8 Å². The number of carbonyl (C=O) groups is 4. The van der Waals surface area contributed by atoms with Crippen LogP contribution in [0, 0.1) is 16.0 Å². The average molecular weight is 561 g/mol. The minimum absolute atomic E-state index is 0.0955. The van der Waals surface area contributed by atoms with Crippen LogP contribution in [0.25, 0.3) is 0 Å². The van der Waals surface area contributed by atoms with E-state index in [1.165, 1.54) is 0 Å². The molecule has 0 saturated carbocycles. The van der Waals surface area contributed by atoms with Crippen LogP contribution >= 0.6 is 0 Å². The van der Waals surface area contributed by atoms with E-state index >= 15 is 0 Å². The second-order valence-electron chi connectivity index (χ2n) is 11.2. The van der Waals surface area contributed by atoms with Crippen molar-refractivity contribution in [2.24, 2.45) is 5.92 Å². The van der Waals surface area contributed by atoms with Gasteiger partial charge in [0.15, 0.2) is 0 Å². The van der Waals surface area contributed by atoms with E-state index in [2.05, 4.69) is 20.0 Å². The number of non-ortho nitro benzene ring substituents is 1. The van der Waals surface area contributed by atoms with Gasteiger partial charge < -0.3 is 9.80 Å². The number of imide groups is 2. The fourth-order valence-electron chi connectivity index (χ4n) is 6.37. The van der Waals surface area contributed by atoms with E-state index in [-0.39, 0.29) is 23.5 Å². The summed E-state index contributed by atoms with van der Waals surface area (Å²) in [5.41, 5.74) is 2.61. The smallest absolute Gasteiger partial charge is 0.269 e. The van der Waals surface area contributed by atoms with Gasteiger partial charge in [0.1, 0.15) is 6.04 Å². The number of amides is 4. The Bertz CT molecular complexity index is 1400. The Kier molecular flexibility index (Phi) is 7.16. The quantitative estimate of drug-likeness (QED) is 0.320. The molecule has 2 aromatic rings. The van der Waals surface area contributed by atoms with E-state index < -0.39 is 29.7 Å². The van der Waals surface area contributed by atoms with Gasteiger partial charge in [0.25, 0.3) is 17.5 Å². The van der Waals surface area contributed by atoms with Crippen molar-refractivity contribution in [2.75, 3.05) is 55.6 Å². The highest BCUT2D eigenvalue weighted by molar-refractivity contribution is 6.23. The molecule has 0 bridgehead atoms. The monoisotopic (exact) mass is 560 g/mol. The Labute approximate surface area is 237 Å². The fraction of sp³-hybridized carbons (Fsp3) is 0.448. The summed E-state index contributed by atoms with van der Waals surface area (Å²) < 4.78 is 0. The van der Waals surface area contributed by atoms with Gasteiger partial charge in [-0.25, -0.2) is 0 Å². The van der Waals surface area contributed by atoms with E-state index in [0.29, 0.717) is 17.0 Å². The number of nitrogens with one attached hydrogen (secondary N) is 1. The zero-order valence-electron chi connectivity index (χ0n) is 22.7. The third-order valence-corrected chi connectivity index (χ3v) is 8.72. The lowest BCUT2D eigenvalue weighted by atomic mass is 9.95. The molecule has 3 saturated heterocycles. The van der Waals surface area contributed by atoms with Crippen molar-refractivity contribution in [1.29, 1.82) is 0 Å². The van der Waals surface area contributed by atoms with Crippen molar-refractivity contribution in [3.8, 4) is 0 Å². The van der Waals surface area contributed by atoms with E-state index in [0.717, 1.165) is 74.9 Å². The normalized spacial score (nSPS) is 22.2. The summed E-state index contributed by atoms with van der Waals surface area (Å²) in [7, 11) is 0. The minimum Gasteiger partial charge on any atom is -0.372 e. The summed E-state index contributed by atoms with van der Waals surface area (Å²) in [4.78, 5) is 68.5. The molecular formula is C29H32N6O6. The molecule has 0 spiro atoms. The predicted molar refractivity (Wildman–Crippen MR) is 150 cm³/mol. The number of hydrogen-bond acceptors (Lipinski definition) is 9. The third-order valence-electron chi connectivity index (χ3n) is 8.72. The third kappa shape index (κ3) is 5.26. The number of anilines is 2. The standard InChI is InChI=1S/C29H32N6O6/c36-26-8-7-25(27(37)30-26)34-28(38)23-6-5-22(17-24(23)29(34)39)33-15-13-31(14-16-33)18-19-9-11-32(12-10-19)20-1-3-21(4-2-20)35(40)41/h1-6,17,19,25H,7-16,18H2,(H,30,36,37). The lowest BCUT2D eigenvalue weighted by Crippen LogP contribution is -2.54. The van der Waals surface area contributed by atoms with Crippen LogP contribution in [0.15, 0.2) is 42.5 Å². The van der Waals surface area contributed by atoms with E-state index in [1.54, 1.807) is 24.3 Å². The van der Waals surface area contributed by atoms with Crippen molar-refractivity contribution < 1.29 is 24.1 Å². The largest absolute Gasteiger partial charge is 0.372 e. The van der Waals surface area contributed by atoms with Gasteiger partial charge in [0.05, 0.1) is 16.1 Å². The van der Waals surface area contributed by atoms with Gasteiger partial charge in [-0.1, -0.05) is 0 Å². The lowest BCUT2D eigenvalue weighted by molar-refractivity contribution is -0.384. The highest BCUT2D eigenvalue weighted by atomic mass is 16.6. The van der Waals surface area contributed by atoms with Crippen molar-refractivity contribution in [1.82, 2.24) is 15.1 Å². The number of rotatable bonds is 6. The number of carbonyl (C=O) groups excluding carboxylic acids is 4. The minimum atomic E-state index is -0.965. The second kappa shape index (κ2) is 10.9. The Balaban J connectivity index is 1.01. The molecule has 1 N–H and O–H groups in total. The van der Waals surface area contributed by atoms with Crippen LogP contribution in [0.2, 0.25) is 0 Å². The number of piperazine rings is 1. The maximum atomic E-state index is 13.2. The maximum Gasteiger partial charge on any atom is 0.269 e. The molecule has 0 aliphatic carbocycles. The van der Waals surface area contributed by atoms with Crippen LogP contribution in [0.5, 0.6) is 0 Å². The van der Waals surface area contributed by atoms with Crippen molar-refractivity contribution >= 4 is 40.7 Å². The summed E-state index contributed by atoms with van der Waals surface area (Å²) in [6.07, 6.45) is 2.38. The number of nitrogens with zero attached hydrogens (tertiary/aromatic N) is 5. The Hall–Kier alpha value is -4.32. The zero-order chi connectivity index (χ0) is 28.7. The van der Waals surface area contributed by atoms with Crippen molar-refractivity contribution in [3.05, 3.63) is 63.7 Å². The van der Waals surface area contributed by atoms with Crippen molar-refractivity contribution in [2.45, 2.75) is 31.7 Å². The molecular weight excluding hydrogens is 528 g/mol. The molecule has 0 aromatic heterocycles. The summed E-state index contributed by atoms with van der Waals surface area (Å²) in [6.45, 7) is 6.29. The topological polar surface area (TPSA) is 136 Å². The van der Waals surface area contributed by atoms with Crippen molar-refractivity contribution in [3.63, 3.8) is 0 Å². The summed E-state index contributed by atoms with van der Waals surface area (Å²) in [5, 5.41) is 13.1. The van der Waals surface area contributed by atoms with Crippen LogP contribution in [0.3, 0.4) is 0 Å². The predicted octanol–water partition coefficient (Wildman–Crippen LogP) is 2.03. The average Bonchev–Trinajstić information content (AvgIpc) is 3.23. The van der Waals surface area contributed by atoms with Gasteiger partial charge in [0, 0.05) is 75.7 Å². The number of piperidine rings is 2. The van der Waals surface area contributed by atoms with Gasteiger partial charge in [-0.05, 0) is 55.5 Å². The lowest BCUT2D eigenvalue weighted by Gasteiger charge is -2.40. The highest BCUT2D eigenvalue weighted by Crippen LogP contribution is 2.31. The second-order valence-corrected chi connectivity index (χ2v) is 11.2. The van der Waals surface area contributed by atoms with Gasteiger partial charge >= 0.3 is 0 Å². The molecule has 4 aliphatic heterocycles. The zero-order valence-corrected chi connectivity index (χ0v) is 22.7. The first-order valence-electron chi connectivity index (χ1n) is 14.1. The molecule has 12 nitrogen and oxygen atoms in total. The van der Waals surface area contributed by atoms with E-state index in [9.17, 15) is 29.3 Å². The van der Waals surface area contributed by atoms with Gasteiger partial charge in [-0.2, -0.15) is 0 Å². The molecule has 4 heterocycles. The number of fused-ring (bicyclic) bond motifs is 1. The summed E-state index contributed by atoms with van der Waals surface area (Å²) in [5.74, 6) is -1.38. The Morgan fingerprint density at radius 2 is 1.41 bits per heavy atom. The van der Waals surface area contributed by atoms with E-state index in [1.807, 2.05) is 18.2 Å². The molecule has 0 radical (unpaired) electrons. The summed E-state index contributed by atoms with van der Waals surface area (Å²) in [6, 6.07) is 11.1. The first-order valence-corrected chi connectivity index (χ1v) is 14.1. The van der Waals surface area contributed by atoms with Crippen LogP contribution in [-0.2, 0) is 9.59 Å². The molecule has 214 valence electrons. The molecule has 3 fully saturated rings. The summed E-state index contributed by atoms with van der Waals surface area (Å²) >= 11 is 0.